The van der Waals surface area contributed by atoms with E-state index in [-0.39, 0.29) is 0 Å². The Morgan fingerprint density at radius 3 is 2.89 bits per heavy atom. The summed E-state index contributed by atoms with van der Waals surface area (Å²) >= 11 is 0. The minimum Gasteiger partial charge on any atom is -0.383 e. The van der Waals surface area contributed by atoms with E-state index in [1.54, 1.807) is 0 Å². The minimum atomic E-state index is 0.453. The Hall–Kier alpha value is -1.22. The molecule has 0 radical (unpaired) electrons. The van der Waals surface area contributed by atoms with E-state index in [0.29, 0.717) is 6.10 Å². The highest BCUT2D eigenvalue weighted by Crippen LogP contribution is 2.34. The number of benzene rings is 1. The number of ether oxygens (including phenoxy) is 1. The Morgan fingerprint density at radius 1 is 1.28 bits per heavy atom. The Bertz CT molecular complexity index is 411. The van der Waals surface area contributed by atoms with Crippen molar-refractivity contribution in [3.05, 3.63) is 23.8 Å². The maximum Gasteiger partial charge on any atom is 0.0610 e. The van der Waals surface area contributed by atoms with Crippen LogP contribution in [0.1, 0.15) is 24.8 Å². The predicted octanol–water partition coefficient (Wildman–Crippen LogP) is 2.66. The fourth-order valence-electron chi connectivity index (χ4n) is 3.09. The number of fused-ring (bicyclic) bond motifs is 1. The van der Waals surface area contributed by atoms with Crippen LogP contribution in [0.15, 0.2) is 18.2 Å². The van der Waals surface area contributed by atoms with Gasteiger partial charge < -0.3 is 15.0 Å². The number of aryl methyl sites for hydroxylation is 1. The zero-order valence-corrected chi connectivity index (χ0v) is 11.1. The van der Waals surface area contributed by atoms with Gasteiger partial charge in [-0.25, -0.2) is 0 Å². The Labute approximate surface area is 109 Å². The summed E-state index contributed by atoms with van der Waals surface area (Å²) in [6.07, 6.45) is 5.20. The summed E-state index contributed by atoms with van der Waals surface area (Å²) in [4.78, 5) is 2.51. The van der Waals surface area contributed by atoms with Gasteiger partial charge in [0, 0.05) is 26.7 Å². The second-order valence-corrected chi connectivity index (χ2v) is 5.26. The molecule has 0 amide bonds. The SMILES string of the molecule is COC1CCN(c2cccc3c2NCCC3)CC1. The molecular formula is C15H22N2O. The van der Waals surface area contributed by atoms with Crippen LogP contribution in [0.25, 0.3) is 0 Å². The van der Waals surface area contributed by atoms with Gasteiger partial charge >= 0.3 is 0 Å². The number of piperidine rings is 1. The zero-order valence-electron chi connectivity index (χ0n) is 11.1. The average molecular weight is 246 g/mol. The molecule has 1 aromatic carbocycles. The minimum absolute atomic E-state index is 0.453. The molecular weight excluding hydrogens is 224 g/mol. The fourth-order valence-corrected chi connectivity index (χ4v) is 3.09. The topological polar surface area (TPSA) is 24.5 Å². The standard InChI is InChI=1S/C15H22N2O/c1-18-13-7-10-17(11-8-13)14-6-2-4-12-5-3-9-16-15(12)14/h2,4,6,13,16H,3,5,7-11H2,1H3. The highest BCUT2D eigenvalue weighted by molar-refractivity contribution is 5.74. The summed E-state index contributed by atoms with van der Waals surface area (Å²) in [5.74, 6) is 0. The number of nitrogens with zero attached hydrogens (tertiary/aromatic N) is 1. The van der Waals surface area contributed by atoms with Gasteiger partial charge in [0.15, 0.2) is 0 Å². The van der Waals surface area contributed by atoms with Crippen LogP contribution < -0.4 is 10.2 Å². The summed E-state index contributed by atoms with van der Waals surface area (Å²) in [6.45, 7) is 3.33. The number of hydrogen-bond acceptors (Lipinski definition) is 3. The van der Waals surface area contributed by atoms with E-state index in [4.69, 9.17) is 4.74 Å². The summed E-state index contributed by atoms with van der Waals surface area (Å²) < 4.78 is 5.45. The maximum atomic E-state index is 5.45. The molecule has 3 rings (SSSR count). The van der Waals surface area contributed by atoms with Crippen molar-refractivity contribution >= 4 is 11.4 Å². The van der Waals surface area contributed by atoms with Crippen molar-refractivity contribution in [3.8, 4) is 0 Å². The molecule has 0 saturated carbocycles. The van der Waals surface area contributed by atoms with Crippen molar-refractivity contribution in [2.24, 2.45) is 0 Å². The van der Waals surface area contributed by atoms with Gasteiger partial charge in [-0.2, -0.15) is 0 Å². The average Bonchev–Trinajstić information content (AvgIpc) is 2.47. The summed E-state index contributed by atoms with van der Waals surface area (Å²) in [5.41, 5.74) is 4.24. The van der Waals surface area contributed by atoms with Crippen LogP contribution in [-0.4, -0.2) is 32.8 Å². The van der Waals surface area contributed by atoms with Crippen molar-refractivity contribution < 1.29 is 4.74 Å². The predicted molar refractivity (Wildman–Crippen MR) is 75.5 cm³/mol. The Kier molecular flexibility index (Phi) is 3.41. The van der Waals surface area contributed by atoms with Gasteiger partial charge in [-0.15, -0.1) is 0 Å². The monoisotopic (exact) mass is 246 g/mol. The fraction of sp³-hybridized carbons (Fsp3) is 0.600. The van der Waals surface area contributed by atoms with Gasteiger partial charge in [-0.05, 0) is 37.3 Å². The van der Waals surface area contributed by atoms with Gasteiger partial charge in [-0.1, -0.05) is 12.1 Å². The molecule has 0 bridgehead atoms. The first kappa shape index (κ1) is 11.8. The highest BCUT2D eigenvalue weighted by Gasteiger charge is 2.22. The lowest BCUT2D eigenvalue weighted by Crippen LogP contribution is -2.37. The van der Waals surface area contributed by atoms with Crippen LogP contribution in [0, 0.1) is 0 Å². The molecule has 0 aromatic heterocycles. The third-order valence-electron chi connectivity index (χ3n) is 4.17. The molecule has 0 atom stereocenters. The maximum absolute atomic E-state index is 5.45. The summed E-state index contributed by atoms with van der Waals surface area (Å²) in [7, 11) is 1.83. The smallest absolute Gasteiger partial charge is 0.0610 e. The van der Waals surface area contributed by atoms with E-state index in [0.717, 1.165) is 32.5 Å². The van der Waals surface area contributed by atoms with Crippen molar-refractivity contribution in [2.45, 2.75) is 31.8 Å². The zero-order chi connectivity index (χ0) is 12.4. The summed E-state index contributed by atoms with van der Waals surface area (Å²) in [5, 5.41) is 3.58. The molecule has 2 aliphatic heterocycles. The number of hydrogen-bond donors (Lipinski definition) is 1. The molecule has 1 saturated heterocycles. The molecule has 1 N–H and O–H groups in total. The number of methoxy groups -OCH3 is 1. The van der Waals surface area contributed by atoms with E-state index in [1.807, 2.05) is 7.11 Å². The van der Waals surface area contributed by atoms with Crippen molar-refractivity contribution in [1.82, 2.24) is 0 Å². The first-order chi connectivity index (χ1) is 8.88. The molecule has 3 nitrogen and oxygen atoms in total. The van der Waals surface area contributed by atoms with Crippen molar-refractivity contribution in [1.29, 1.82) is 0 Å². The van der Waals surface area contributed by atoms with Crippen LogP contribution >= 0.6 is 0 Å². The second-order valence-electron chi connectivity index (χ2n) is 5.26. The van der Waals surface area contributed by atoms with Crippen molar-refractivity contribution in [2.75, 3.05) is 37.0 Å². The molecule has 18 heavy (non-hydrogen) atoms. The van der Waals surface area contributed by atoms with Gasteiger partial charge in [-0.3, -0.25) is 0 Å². The molecule has 0 aliphatic carbocycles. The molecule has 2 aliphatic rings. The molecule has 1 fully saturated rings. The first-order valence-electron chi connectivity index (χ1n) is 7.02. The summed E-state index contributed by atoms with van der Waals surface area (Å²) in [6, 6.07) is 6.71. The van der Waals surface area contributed by atoms with Crippen LogP contribution in [-0.2, 0) is 11.2 Å². The van der Waals surface area contributed by atoms with E-state index in [2.05, 4.69) is 28.4 Å². The third kappa shape index (κ3) is 2.19. The lowest BCUT2D eigenvalue weighted by Gasteiger charge is -2.35. The van der Waals surface area contributed by atoms with Gasteiger partial charge in [0.2, 0.25) is 0 Å². The quantitative estimate of drug-likeness (QED) is 0.868. The third-order valence-corrected chi connectivity index (χ3v) is 4.17. The van der Waals surface area contributed by atoms with Gasteiger partial charge in [0.05, 0.1) is 17.5 Å². The number of anilines is 2. The van der Waals surface area contributed by atoms with Gasteiger partial charge in [0.1, 0.15) is 0 Å². The van der Waals surface area contributed by atoms with E-state index in [9.17, 15) is 0 Å². The molecule has 2 heterocycles. The van der Waals surface area contributed by atoms with Crippen LogP contribution in [0.3, 0.4) is 0 Å². The number of rotatable bonds is 2. The number of nitrogens with one attached hydrogen (secondary N) is 1. The molecule has 0 unspecified atom stereocenters. The molecule has 98 valence electrons. The lowest BCUT2D eigenvalue weighted by atomic mass is 10.00. The van der Waals surface area contributed by atoms with Crippen LogP contribution in [0.5, 0.6) is 0 Å². The largest absolute Gasteiger partial charge is 0.383 e. The number of para-hydroxylation sites is 1. The molecule has 3 heteroatoms. The lowest BCUT2D eigenvalue weighted by molar-refractivity contribution is 0.0819. The van der Waals surface area contributed by atoms with Gasteiger partial charge in [0.25, 0.3) is 0 Å². The van der Waals surface area contributed by atoms with E-state index >= 15 is 0 Å². The Morgan fingerprint density at radius 2 is 2.11 bits per heavy atom. The normalized spacial score (nSPS) is 20.4. The van der Waals surface area contributed by atoms with E-state index < -0.39 is 0 Å². The first-order valence-corrected chi connectivity index (χ1v) is 7.02. The highest BCUT2D eigenvalue weighted by atomic mass is 16.5. The second kappa shape index (κ2) is 5.19. The van der Waals surface area contributed by atoms with Crippen LogP contribution in [0.2, 0.25) is 0 Å². The van der Waals surface area contributed by atoms with Crippen molar-refractivity contribution in [3.63, 3.8) is 0 Å². The Balaban J connectivity index is 1.80. The van der Waals surface area contributed by atoms with Crippen LogP contribution in [0.4, 0.5) is 11.4 Å². The van der Waals surface area contributed by atoms with E-state index in [1.165, 1.54) is 29.8 Å². The molecule has 1 aromatic rings. The molecule has 0 spiro atoms.